The van der Waals surface area contributed by atoms with Crippen molar-refractivity contribution in [2.45, 2.75) is 70.7 Å². The van der Waals surface area contributed by atoms with Gasteiger partial charge in [-0.25, -0.2) is 9.78 Å². The Morgan fingerprint density at radius 1 is 1.17 bits per heavy atom. The van der Waals surface area contributed by atoms with Gasteiger partial charge in [-0.3, -0.25) is 10.2 Å². The van der Waals surface area contributed by atoms with Crippen LogP contribution < -0.4 is 10.6 Å². The molecule has 0 aliphatic heterocycles. The van der Waals surface area contributed by atoms with Crippen LogP contribution in [0.4, 0.5) is 16.4 Å². The van der Waals surface area contributed by atoms with Gasteiger partial charge in [0.15, 0.2) is 0 Å². The lowest BCUT2D eigenvalue weighted by Crippen LogP contribution is -2.32. The highest BCUT2D eigenvalue weighted by molar-refractivity contribution is 5.99. The first kappa shape index (κ1) is 24.7. The third-order valence-corrected chi connectivity index (χ3v) is 6.48. The summed E-state index contributed by atoms with van der Waals surface area (Å²) in [5, 5.41) is 25.0. The van der Waals surface area contributed by atoms with E-state index in [0.29, 0.717) is 23.2 Å². The van der Waals surface area contributed by atoms with Crippen molar-refractivity contribution in [3.8, 4) is 6.07 Å². The molecule has 2 amide bonds. The monoisotopic (exact) mass is 474 g/mol. The van der Waals surface area contributed by atoms with Gasteiger partial charge in [-0.05, 0) is 75.7 Å². The molecule has 0 atom stereocenters. The van der Waals surface area contributed by atoms with Gasteiger partial charge in [-0.1, -0.05) is 25.3 Å². The van der Waals surface area contributed by atoms with Crippen molar-refractivity contribution in [1.29, 1.82) is 5.26 Å². The summed E-state index contributed by atoms with van der Waals surface area (Å²) in [6.07, 6.45) is 6.44. The predicted molar refractivity (Wildman–Crippen MR) is 138 cm³/mol. The Balaban J connectivity index is 1.55. The average Bonchev–Trinajstić information content (AvgIpc) is 3.14. The van der Waals surface area contributed by atoms with Gasteiger partial charge in [0.25, 0.3) is 0 Å². The first-order chi connectivity index (χ1) is 16.7. The van der Waals surface area contributed by atoms with Gasteiger partial charge in [-0.2, -0.15) is 5.26 Å². The number of carbonyl (C=O) groups is 1. The molecule has 3 N–H and O–H groups in total. The lowest BCUT2D eigenvalue weighted by atomic mass is 9.94. The highest BCUT2D eigenvalue weighted by Crippen LogP contribution is 2.26. The van der Waals surface area contributed by atoms with Gasteiger partial charge in [0.05, 0.1) is 34.8 Å². The van der Waals surface area contributed by atoms with E-state index in [9.17, 15) is 9.90 Å². The SMILES string of the molecule is CN(Cc1ccc2c(c1)nc(NC(=O)Nc1ccc(C#N)cc1)n2CC(C)(C)O)C1CCCCC1. The van der Waals surface area contributed by atoms with E-state index >= 15 is 0 Å². The fourth-order valence-corrected chi connectivity index (χ4v) is 4.75. The van der Waals surface area contributed by atoms with Crippen molar-refractivity contribution in [2.75, 3.05) is 17.7 Å². The van der Waals surface area contributed by atoms with Crippen LogP contribution in [0, 0.1) is 11.3 Å². The maximum atomic E-state index is 12.7. The normalized spacial score (nSPS) is 14.7. The number of hydrogen-bond donors (Lipinski definition) is 3. The van der Waals surface area contributed by atoms with E-state index in [-0.39, 0.29) is 6.54 Å². The molecule has 2 aromatic carbocycles. The molecule has 0 unspecified atom stereocenters. The standard InChI is InChI=1S/C27H34N6O2/c1-27(2,35)18-33-24-14-11-20(17-32(3)22-7-5-4-6-8-22)15-23(24)30-25(33)31-26(34)29-21-12-9-19(16-28)10-13-21/h9-15,22,35H,4-8,17-18H2,1-3H3,(H2,29,30,31,34). The maximum absolute atomic E-state index is 12.7. The largest absolute Gasteiger partial charge is 0.389 e. The van der Waals surface area contributed by atoms with Gasteiger partial charge in [-0.15, -0.1) is 0 Å². The first-order valence-corrected chi connectivity index (χ1v) is 12.2. The number of nitrogens with one attached hydrogen (secondary N) is 2. The van der Waals surface area contributed by atoms with Crippen LogP contribution in [0.25, 0.3) is 11.0 Å². The number of hydrogen-bond acceptors (Lipinski definition) is 5. The molecule has 1 aromatic heterocycles. The number of benzene rings is 2. The molecule has 1 aliphatic carbocycles. The molecule has 8 nitrogen and oxygen atoms in total. The minimum Gasteiger partial charge on any atom is -0.389 e. The maximum Gasteiger partial charge on any atom is 0.326 e. The Bertz CT molecular complexity index is 1210. The molecule has 1 aliphatic rings. The van der Waals surface area contributed by atoms with Crippen LogP contribution in [0.3, 0.4) is 0 Å². The molecule has 1 fully saturated rings. The van der Waals surface area contributed by atoms with Crippen molar-refractivity contribution >= 4 is 28.7 Å². The van der Waals surface area contributed by atoms with Crippen LogP contribution in [0.15, 0.2) is 42.5 Å². The molecule has 184 valence electrons. The Morgan fingerprint density at radius 3 is 2.54 bits per heavy atom. The third-order valence-electron chi connectivity index (χ3n) is 6.48. The van der Waals surface area contributed by atoms with E-state index in [4.69, 9.17) is 10.2 Å². The second kappa shape index (κ2) is 10.5. The first-order valence-electron chi connectivity index (χ1n) is 12.2. The Kier molecular flexibility index (Phi) is 7.39. The molecule has 0 spiro atoms. The van der Waals surface area contributed by atoms with Gasteiger partial charge in [0, 0.05) is 18.3 Å². The van der Waals surface area contributed by atoms with Crippen LogP contribution in [0.5, 0.6) is 0 Å². The minimum atomic E-state index is -0.993. The second-order valence-electron chi connectivity index (χ2n) is 10.1. The molecule has 8 heteroatoms. The smallest absolute Gasteiger partial charge is 0.326 e. The lowest BCUT2D eigenvalue weighted by Gasteiger charge is -2.31. The second-order valence-corrected chi connectivity index (χ2v) is 10.1. The summed E-state index contributed by atoms with van der Waals surface area (Å²) in [6.45, 7) is 4.58. The summed E-state index contributed by atoms with van der Waals surface area (Å²) in [6, 6.07) is 15.1. The molecule has 3 aromatic rings. The fraction of sp³-hybridized carbons (Fsp3) is 0.444. The van der Waals surface area contributed by atoms with E-state index in [2.05, 4.69) is 40.8 Å². The summed E-state index contributed by atoms with van der Waals surface area (Å²) in [5.41, 5.74) is 2.90. The van der Waals surface area contributed by atoms with E-state index in [1.54, 1.807) is 38.1 Å². The quantitative estimate of drug-likeness (QED) is 0.442. The molecular formula is C27H34N6O2. The van der Waals surface area contributed by atoms with Crippen molar-refractivity contribution in [3.05, 3.63) is 53.6 Å². The van der Waals surface area contributed by atoms with Gasteiger partial charge in [0.1, 0.15) is 0 Å². The molecule has 1 saturated carbocycles. The summed E-state index contributed by atoms with van der Waals surface area (Å²) in [7, 11) is 2.19. The number of nitrogens with zero attached hydrogens (tertiary/aromatic N) is 4. The Labute approximate surface area is 206 Å². The summed E-state index contributed by atoms with van der Waals surface area (Å²) >= 11 is 0. The number of anilines is 2. The van der Waals surface area contributed by atoms with Crippen LogP contribution in [-0.2, 0) is 13.1 Å². The number of imidazole rings is 1. The number of amides is 2. The van der Waals surface area contributed by atoms with Gasteiger partial charge in [0.2, 0.25) is 5.95 Å². The average molecular weight is 475 g/mol. The molecule has 0 radical (unpaired) electrons. The predicted octanol–water partition coefficient (Wildman–Crippen LogP) is 5.09. The van der Waals surface area contributed by atoms with Crippen molar-refractivity contribution in [2.24, 2.45) is 0 Å². The molecule has 4 rings (SSSR count). The van der Waals surface area contributed by atoms with E-state index in [1.807, 2.05) is 10.6 Å². The summed E-state index contributed by atoms with van der Waals surface area (Å²) in [4.78, 5) is 19.8. The van der Waals surface area contributed by atoms with Crippen LogP contribution in [0.2, 0.25) is 0 Å². The molecule has 1 heterocycles. The minimum absolute atomic E-state index is 0.275. The molecule has 35 heavy (non-hydrogen) atoms. The number of aliphatic hydroxyl groups is 1. The number of urea groups is 1. The number of fused-ring (bicyclic) bond motifs is 1. The van der Waals surface area contributed by atoms with E-state index in [0.717, 1.165) is 17.6 Å². The van der Waals surface area contributed by atoms with Crippen LogP contribution in [-0.4, -0.2) is 44.3 Å². The van der Waals surface area contributed by atoms with Crippen molar-refractivity contribution in [1.82, 2.24) is 14.5 Å². The number of nitriles is 1. The Hall–Kier alpha value is -3.41. The van der Waals surface area contributed by atoms with E-state index < -0.39 is 11.6 Å². The molecular weight excluding hydrogens is 440 g/mol. The zero-order chi connectivity index (χ0) is 25.0. The van der Waals surface area contributed by atoms with Crippen molar-refractivity contribution < 1.29 is 9.90 Å². The van der Waals surface area contributed by atoms with Crippen molar-refractivity contribution in [3.63, 3.8) is 0 Å². The third kappa shape index (κ3) is 6.38. The lowest BCUT2D eigenvalue weighted by molar-refractivity contribution is 0.0632. The Morgan fingerprint density at radius 2 is 1.89 bits per heavy atom. The number of carbonyl (C=O) groups excluding carboxylic acids is 1. The summed E-state index contributed by atoms with van der Waals surface area (Å²) < 4.78 is 1.84. The number of aromatic nitrogens is 2. The zero-order valence-electron chi connectivity index (χ0n) is 20.7. The zero-order valence-corrected chi connectivity index (χ0v) is 20.7. The van der Waals surface area contributed by atoms with Gasteiger partial charge < -0.3 is 15.0 Å². The highest BCUT2D eigenvalue weighted by Gasteiger charge is 2.22. The highest BCUT2D eigenvalue weighted by atomic mass is 16.3. The van der Waals surface area contributed by atoms with Crippen LogP contribution >= 0.6 is 0 Å². The fourth-order valence-electron chi connectivity index (χ4n) is 4.75. The molecule has 0 bridgehead atoms. The topological polar surface area (TPSA) is 106 Å². The summed E-state index contributed by atoms with van der Waals surface area (Å²) in [5.74, 6) is 0.367. The molecule has 0 saturated heterocycles. The van der Waals surface area contributed by atoms with Gasteiger partial charge >= 0.3 is 6.03 Å². The number of rotatable bonds is 7. The van der Waals surface area contributed by atoms with Crippen LogP contribution in [0.1, 0.15) is 57.1 Å². The van der Waals surface area contributed by atoms with E-state index in [1.165, 1.54) is 37.7 Å².